The van der Waals surface area contributed by atoms with Crippen LogP contribution in [-0.4, -0.2) is 35.7 Å². The molecule has 1 unspecified atom stereocenters. The molecule has 0 aromatic carbocycles. The smallest absolute Gasteiger partial charge is 0.163 e. The second kappa shape index (κ2) is 5.71. The number of aliphatic hydroxyl groups is 1. The van der Waals surface area contributed by atoms with Crippen LogP contribution in [0.1, 0.15) is 39.4 Å². The van der Waals surface area contributed by atoms with Gasteiger partial charge in [-0.2, -0.15) is 5.10 Å². The van der Waals surface area contributed by atoms with Crippen molar-refractivity contribution >= 4 is 0 Å². The van der Waals surface area contributed by atoms with Crippen LogP contribution in [-0.2, 0) is 10.3 Å². The molecule has 5 heteroatoms. The molecule has 1 N–H and O–H groups in total. The standard InChI is InChI=1S/C13H24N2O3/c1-9(2)13(16,8-17-5)12-11(18-6)7-14-15(12)10(3)4/h7,9-10,16H,8H2,1-6H3. The summed E-state index contributed by atoms with van der Waals surface area (Å²) in [7, 11) is 3.16. The molecule has 1 atom stereocenters. The molecule has 0 saturated carbocycles. The highest BCUT2D eigenvalue weighted by molar-refractivity contribution is 5.32. The predicted octanol–water partition coefficient (Wildman–Crippen LogP) is 1.96. The normalized spacial score (nSPS) is 15.2. The summed E-state index contributed by atoms with van der Waals surface area (Å²) in [5.74, 6) is 0.581. The zero-order valence-corrected chi connectivity index (χ0v) is 12.1. The number of hydrogen-bond donors (Lipinski definition) is 1. The highest BCUT2D eigenvalue weighted by Crippen LogP contribution is 2.37. The third kappa shape index (κ3) is 2.52. The van der Waals surface area contributed by atoms with Gasteiger partial charge in [0, 0.05) is 13.2 Å². The molecule has 0 fully saturated rings. The Morgan fingerprint density at radius 1 is 1.33 bits per heavy atom. The zero-order chi connectivity index (χ0) is 13.9. The minimum atomic E-state index is -1.11. The van der Waals surface area contributed by atoms with Crippen molar-refractivity contribution in [3.63, 3.8) is 0 Å². The van der Waals surface area contributed by atoms with Crippen LogP contribution in [0.5, 0.6) is 5.75 Å². The maximum atomic E-state index is 10.9. The van der Waals surface area contributed by atoms with Gasteiger partial charge < -0.3 is 14.6 Å². The van der Waals surface area contributed by atoms with Crippen molar-refractivity contribution in [3.05, 3.63) is 11.9 Å². The lowest BCUT2D eigenvalue weighted by Crippen LogP contribution is -2.39. The first-order valence-electron chi connectivity index (χ1n) is 6.21. The molecule has 0 amide bonds. The average molecular weight is 256 g/mol. The van der Waals surface area contributed by atoms with E-state index in [4.69, 9.17) is 9.47 Å². The fourth-order valence-corrected chi connectivity index (χ4v) is 2.03. The third-order valence-corrected chi connectivity index (χ3v) is 3.20. The Balaban J connectivity index is 3.38. The van der Waals surface area contributed by atoms with Crippen molar-refractivity contribution in [2.24, 2.45) is 5.92 Å². The number of rotatable bonds is 6. The van der Waals surface area contributed by atoms with Gasteiger partial charge in [-0.15, -0.1) is 0 Å². The first-order chi connectivity index (χ1) is 8.38. The Morgan fingerprint density at radius 3 is 2.33 bits per heavy atom. The van der Waals surface area contributed by atoms with Gasteiger partial charge in [0.05, 0.1) is 19.9 Å². The summed E-state index contributed by atoms with van der Waals surface area (Å²) in [5, 5.41) is 15.2. The molecule has 0 aliphatic heterocycles. The van der Waals surface area contributed by atoms with Crippen LogP contribution in [0, 0.1) is 5.92 Å². The Hall–Kier alpha value is -1.07. The topological polar surface area (TPSA) is 56.5 Å². The van der Waals surface area contributed by atoms with Crippen LogP contribution in [0.15, 0.2) is 6.20 Å². The van der Waals surface area contributed by atoms with Gasteiger partial charge >= 0.3 is 0 Å². The van der Waals surface area contributed by atoms with E-state index in [-0.39, 0.29) is 18.6 Å². The van der Waals surface area contributed by atoms with Gasteiger partial charge in [0.25, 0.3) is 0 Å². The quantitative estimate of drug-likeness (QED) is 0.845. The van der Waals surface area contributed by atoms with E-state index in [1.807, 2.05) is 27.7 Å². The van der Waals surface area contributed by atoms with Crippen molar-refractivity contribution in [2.75, 3.05) is 20.8 Å². The van der Waals surface area contributed by atoms with E-state index in [0.717, 1.165) is 0 Å². The number of aromatic nitrogens is 2. The van der Waals surface area contributed by atoms with Crippen LogP contribution in [0.3, 0.4) is 0 Å². The molecule has 1 heterocycles. The molecular weight excluding hydrogens is 232 g/mol. The third-order valence-electron chi connectivity index (χ3n) is 3.20. The minimum absolute atomic E-state index is 0.0134. The Labute approximate surface area is 109 Å². The molecule has 0 spiro atoms. The first-order valence-corrected chi connectivity index (χ1v) is 6.21. The first kappa shape index (κ1) is 15.0. The van der Waals surface area contributed by atoms with E-state index in [1.165, 1.54) is 0 Å². The molecule has 0 saturated heterocycles. The maximum Gasteiger partial charge on any atom is 0.163 e. The van der Waals surface area contributed by atoms with Crippen molar-refractivity contribution < 1.29 is 14.6 Å². The van der Waals surface area contributed by atoms with Gasteiger partial charge in [-0.25, -0.2) is 0 Å². The predicted molar refractivity (Wildman–Crippen MR) is 69.8 cm³/mol. The van der Waals surface area contributed by atoms with Crippen LogP contribution >= 0.6 is 0 Å². The van der Waals surface area contributed by atoms with Gasteiger partial charge in [-0.05, 0) is 19.8 Å². The zero-order valence-electron chi connectivity index (χ0n) is 12.1. The maximum absolute atomic E-state index is 10.9. The van der Waals surface area contributed by atoms with Crippen LogP contribution in [0.4, 0.5) is 0 Å². The molecule has 1 aromatic heterocycles. The summed E-state index contributed by atoms with van der Waals surface area (Å²) in [6.07, 6.45) is 1.64. The largest absolute Gasteiger partial charge is 0.493 e. The highest BCUT2D eigenvalue weighted by Gasteiger charge is 2.40. The van der Waals surface area contributed by atoms with Crippen molar-refractivity contribution in [2.45, 2.75) is 39.3 Å². The molecule has 0 aliphatic carbocycles. The Morgan fingerprint density at radius 2 is 1.94 bits per heavy atom. The number of ether oxygens (including phenoxy) is 2. The fraction of sp³-hybridized carbons (Fsp3) is 0.769. The molecule has 5 nitrogen and oxygen atoms in total. The lowest BCUT2D eigenvalue weighted by atomic mass is 9.87. The molecule has 1 aromatic rings. The summed E-state index contributed by atoms with van der Waals surface area (Å²) in [6, 6.07) is 0.144. The van der Waals surface area contributed by atoms with E-state index < -0.39 is 5.60 Å². The molecule has 18 heavy (non-hydrogen) atoms. The van der Waals surface area contributed by atoms with Crippen LogP contribution in [0.2, 0.25) is 0 Å². The summed E-state index contributed by atoms with van der Waals surface area (Å²) < 4.78 is 12.3. The molecule has 0 aliphatic rings. The molecule has 0 radical (unpaired) electrons. The fourth-order valence-electron chi connectivity index (χ4n) is 2.03. The highest BCUT2D eigenvalue weighted by atomic mass is 16.5. The second-order valence-corrected chi connectivity index (χ2v) is 5.11. The number of hydrogen-bond acceptors (Lipinski definition) is 4. The van der Waals surface area contributed by atoms with E-state index >= 15 is 0 Å². The Bertz CT molecular complexity index is 388. The van der Waals surface area contributed by atoms with Gasteiger partial charge in [-0.3, -0.25) is 4.68 Å². The lowest BCUT2D eigenvalue weighted by molar-refractivity contribution is -0.0778. The molecular formula is C13H24N2O3. The number of methoxy groups -OCH3 is 2. The van der Waals surface area contributed by atoms with E-state index in [9.17, 15) is 5.11 Å². The summed E-state index contributed by atoms with van der Waals surface area (Å²) >= 11 is 0. The summed E-state index contributed by atoms with van der Waals surface area (Å²) in [6.45, 7) is 8.15. The van der Waals surface area contributed by atoms with Crippen molar-refractivity contribution in [3.8, 4) is 5.75 Å². The van der Waals surface area contributed by atoms with E-state index in [1.54, 1.807) is 25.1 Å². The van der Waals surface area contributed by atoms with Gasteiger partial charge in [0.1, 0.15) is 11.3 Å². The van der Waals surface area contributed by atoms with Crippen molar-refractivity contribution in [1.29, 1.82) is 0 Å². The monoisotopic (exact) mass is 256 g/mol. The SMILES string of the molecule is COCC(O)(c1c(OC)cnn1C(C)C)C(C)C. The van der Waals surface area contributed by atoms with Gasteiger partial charge in [0.15, 0.2) is 5.75 Å². The van der Waals surface area contributed by atoms with Crippen LogP contribution in [0.25, 0.3) is 0 Å². The lowest BCUT2D eigenvalue weighted by Gasteiger charge is -2.33. The van der Waals surface area contributed by atoms with Crippen molar-refractivity contribution in [1.82, 2.24) is 9.78 Å². The molecule has 104 valence electrons. The number of nitrogens with zero attached hydrogens (tertiary/aromatic N) is 2. The summed E-state index contributed by atoms with van der Waals surface area (Å²) in [5.41, 5.74) is -0.433. The minimum Gasteiger partial charge on any atom is -0.493 e. The average Bonchev–Trinajstić information content (AvgIpc) is 2.72. The van der Waals surface area contributed by atoms with Crippen LogP contribution < -0.4 is 4.74 Å². The molecule has 1 rings (SSSR count). The van der Waals surface area contributed by atoms with Gasteiger partial charge in [0.2, 0.25) is 0 Å². The summed E-state index contributed by atoms with van der Waals surface area (Å²) in [4.78, 5) is 0. The van der Waals surface area contributed by atoms with E-state index in [0.29, 0.717) is 11.4 Å². The van der Waals surface area contributed by atoms with E-state index in [2.05, 4.69) is 5.10 Å². The second-order valence-electron chi connectivity index (χ2n) is 5.11. The Kier molecular flexibility index (Phi) is 4.76. The molecule has 0 bridgehead atoms. The van der Waals surface area contributed by atoms with Gasteiger partial charge in [-0.1, -0.05) is 13.8 Å².